The van der Waals surface area contributed by atoms with Crippen LogP contribution in [0.15, 0.2) is 9.85 Å². The molecule has 5 heteroatoms. The van der Waals surface area contributed by atoms with Gasteiger partial charge in [0.2, 0.25) is 0 Å². The summed E-state index contributed by atoms with van der Waals surface area (Å²) >= 11 is 4.71. The molecule has 0 saturated heterocycles. The normalized spacial score (nSPS) is 10.4. The average molecular weight is 278 g/mol. The van der Waals surface area contributed by atoms with Gasteiger partial charge >= 0.3 is 5.97 Å². The van der Waals surface area contributed by atoms with Crippen LogP contribution >= 0.6 is 27.3 Å². The van der Waals surface area contributed by atoms with Crippen LogP contribution in [0, 0.1) is 0 Å². The van der Waals surface area contributed by atoms with Crippen molar-refractivity contribution >= 4 is 38.9 Å². The van der Waals surface area contributed by atoms with E-state index < -0.39 is 0 Å². The van der Waals surface area contributed by atoms with Crippen LogP contribution in [0.25, 0.3) is 0 Å². The maximum Gasteiger partial charge on any atom is 0.350 e. The summed E-state index contributed by atoms with van der Waals surface area (Å²) in [6.07, 6.45) is 0. The van der Waals surface area contributed by atoms with Gasteiger partial charge in [-0.3, -0.25) is 0 Å². The summed E-state index contributed by atoms with van der Waals surface area (Å²) in [6, 6.07) is 2.18. The molecule has 0 fully saturated rings. The predicted octanol–water partition coefficient (Wildman–Crippen LogP) is 3.12. The minimum Gasteiger partial charge on any atom is -0.465 e. The van der Waals surface area contributed by atoms with Crippen molar-refractivity contribution in [2.45, 2.75) is 19.9 Å². The fraction of sp³-hybridized carbons (Fsp3) is 0.444. The molecule has 0 saturated carbocycles. The first-order valence-electron chi connectivity index (χ1n) is 4.18. The molecule has 0 radical (unpaired) electrons. The predicted molar refractivity (Wildman–Crippen MR) is 62.1 cm³/mol. The summed E-state index contributed by atoms with van der Waals surface area (Å²) in [5.74, 6) is -0.302. The molecule has 0 aromatic carbocycles. The quantitative estimate of drug-likeness (QED) is 0.863. The number of esters is 1. The number of hydrogen-bond donors (Lipinski definition) is 1. The van der Waals surface area contributed by atoms with Gasteiger partial charge in [-0.1, -0.05) is 0 Å². The first-order valence-corrected chi connectivity index (χ1v) is 5.79. The van der Waals surface area contributed by atoms with Crippen molar-refractivity contribution in [2.24, 2.45) is 0 Å². The van der Waals surface area contributed by atoms with Crippen LogP contribution in [0.5, 0.6) is 0 Å². The van der Waals surface area contributed by atoms with Gasteiger partial charge in [-0.15, -0.1) is 11.3 Å². The van der Waals surface area contributed by atoms with Crippen LogP contribution < -0.4 is 5.32 Å². The standard InChI is InChI=1S/C9H12BrNO2S/c1-5(2)11-6-4-7(10)14-8(6)9(12)13-3/h4-5,11H,1-3H3. The first-order chi connectivity index (χ1) is 6.54. The third kappa shape index (κ3) is 2.72. The summed E-state index contributed by atoms with van der Waals surface area (Å²) in [5.41, 5.74) is 0.823. The second kappa shape index (κ2) is 4.79. The number of thiophene rings is 1. The molecule has 3 nitrogen and oxygen atoms in total. The minimum absolute atomic E-state index is 0.292. The number of anilines is 1. The number of carbonyl (C=O) groups excluding carboxylic acids is 1. The third-order valence-corrected chi connectivity index (χ3v) is 3.14. The van der Waals surface area contributed by atoms with Crippen LogP contribution in [-0.4, -0.2) is 19.1 Å². The summed E-state index contributed by atoms with van der Waals surface area (Å²) in [5, 5.41) is 3.19. The van der Waals surface area contributed by atoms with Gasteiger partial charge in [-0.25, -0.2) is 4.79 Å². The highest BCUT2D eigenvalue weighted by molar-refractivity contribution is 9.11. The van der Waals surface area contributed by atoms with Gasteiger partial charge in [-0.05, 0) is 35.8 Å². The molecule has 0 spiro atoms. The monoisotopic (exact) mass is 277 g/mol. The molecule has 1 aromatic rings. The van der Waals surface area contributed by atoms with Crippen LogP contribution in [0.1, 0.15) is 23.5 Å². The Labute approximate surface area is 95.6 Å². The lowest BCUT2D eigenvalue weighted by Crippen LogP contribution is -2.12. The van der Waals surface area contributed by atoms with E-state index in [1.54, 1.807) is 0 Å². The Bertz CT molecular complexity index is 336. The van der Waals surface area contributed by atoms with E-state index in [9.17, 15) is 4.79 Å². The highest BCUT2D eigenvalue weighted by Crippen LogP contribution is 2.32. The zero-order chi connectivity index (χ0) is 10.7. The third-order valence-electron chi connectivity index (χ3n) is 1.52. The van der Waals surface area contributed by atoms with Gasteiger partial charge in [0.05, 0.1) is 16.6 Å². The fourth-order valence-electron chi connectivity index (χ4n) is 1.02. The van der Waals surface area contributed by atoms with Gasteiger partial charge in [0.15, 0.2) is 0 Å². The van der Waals surface area contributed by atoms with Crippen molar-refractivity contribution < 1.29 is 9.53 Å². The number of ether oxygens (including phenoxy) is 1. The van der Waals surface area contributed by atoms with E-state index in [0.717, 1.165) is 9.47 Å². The summed E-state index contributed by atoms with van der Waals surface area (Å²) in [7, 11) is 1.38. The van der Waals surface area contributed by atoms with Crippen molar-refractivity contribution in [3.05, 3.63) is 14.7 Å². The maximum atomic E-state index is 11.4. The molecule has 0 amide bonds. The van der Waals surface area contributed by atoms with E-state index in [1.807, 2.05) is 19.9 Å². The summed E-state index contributed by atoms with van der Waals surface area (Å²) < 4.78 is 5.60. The van der Waals surface area contributed by atoms with E-state index in [1.165, 1.54) is 18.4 Å². The number of hydrogen-bond acceptors (Lipinski definition) is 4. The molecule has 0 bridgehead atoms. The highest BCUT2D eigenvalue weighted by atomic mass is 79.9. The number of carbonyl (C=O) groups is 1. The highest BCUT2D eigenvalue weighted by Gasteiger charge is 2.16. The summed E-state index contributed by atoms with van der Waals surface area (Å²) in [6.45, 7) is 4.04. The van der Waals surface area contributed by atoms with E-state index in [-0.39, 0.29) is 5.97 Å². The van der Waals surface area contributed by atoms with Crippen LogP contribution in [0.2, 0.25) is 0 Å². The van der Waals surface area contributed by atoms with Gasteiger partial charge in [-0.2, -0.15) is 0 Å². The molecule has 0 aliphatic rings. The van der Waals surface area contributed by atoms with Crippen molar-refractivity contribution in [1.82, 2.24) is 0 Å². The molecular formula is C9H12BrNO2S. The Morgan fingerprint density at radius 3 is 2.79 bits per heavy atom. The molecule has 0 aliphatic carbocycles. The molecule has 1 heterocycles. The first kappa shape index (κ1) is 11.5. The molecular weight excluding hydrogens is 266 g/mol. The topological polar surface area (TPSA) is 38.3 Å². The number of rotatable bonds is 3. The molecule has 0 unspecified atom stereocenters. The smallest absolute Gasteiger partial charge is 0.350 e. The fourth-order valence-corrected chi connectivity index (χ4v) is 2.50. The molecule has 78 valence electrons. The van der Waals surface area contributed by atoms with Gasteiger partial charge in [0.25, 0.3) is 0 Å². The van der Waals surface area contributed by atoms with Crippen LogP contribution in [-0.2, 0) is 4.74 Å². The van der Waals surface area contributed by atoms with Gasteiger partial charge in [0, 0.05) is 6.04 Å². The Balaban J connectivity index is 2.96. The second-order valence-electron chi connectivity index (χ2n) is 3.08. The number of halogens is 1. The SMILES string of the molecule is COC(=O)c1sc(Br)cc1NC(C)C. The van der Waals surface area contributed by atoms with Crippen molar-refractivity contribution in [3.8, 4) is 0 Å². The largest absolute Gasteiger partial charge is 0.465 e. The Hall–Kier alpha value is -0.550. The summed E-state index contributed by atoms with van der Waals surface area (Å²) in [4.78, 5) is 12.0. The molecule has 1 N–H and O–H groups in total. The van der Waals surface area contributed by atoms with Gasteiger partial charge in [0.1, 0.15) is 4.88 Å². The van der Waals surface area contributed by atoms with Gasteiger partial charge < -0.3 is 10.1 Å². The number of methoxy groups -OCH3 is 1. The van der Waals surface area contributed by atoms with Crippen molar-refractivity contribution in [3.63, 3.8) is 0 Å². The Morgan fingerprint density at radius 1 is 1.64 bits per heavy atom. The minimum atomic E-state index is -0.302. The lowest BCUT2D eigenvalue weighted by molar-refractivity contribution is 0.0607. The number of nitrogens with one attached hydrogen (secondary N) is 1. The molecule has 14 heavy (non-hydrogen) atoms. The average Bonchev–Trinajstić information content (AvgIpc) is 2.44. The van der Waals surface area contributed by atoms with Crippen LogP contribution in [0.4, 0.5) is 5.69 Å². The zero-order valence-corrected chi connectivity index (χ0v) is 10.7. The molecule has 1 aromatic heterocycles. The zero-order valence-electron chi connectivity index (χ0n) is 8.26. The lowest BCUT2D eigenvalue weighted by Gasteiger charge is -2.09. The van der Waals surface area contributed by atoms with E-state index >= 15 is 0 Å². The molecule has 0 atom stereocenters. The lowest BCUT2D eigenvalue weighted by atomic mass is 10.3. The Morgan fingerprint density at radius 2 is 2.29 bits per heavy atom. The van der Waals surface area contributed by atoms with Crippen LogP contribution in [0.3, 0.4) is 0 Å². The van der Waals surface area contributed by atoms with E-state index in [4.69, 9.17) is 0 Å². The van der Waals surface area contributed by atoms with E-state index in [0.29, 0.717) is 10.9 Å². The van der Waals surface area contributed by atoms with Crippen molar-refractivity contribution in [1.29, 1.82) is 0 Å². The molecule has 1 rings (SSSR count). The maximum absolute atomic E-state index is 11.4. The Kier molecular flexibility index (Phi) is 3.95. The second-order valence-corrected chi connectivity index (χ2v) is 5.52. The van der Waals surface area contributed by atoms with Crippen molar-refractivity contribution in [2.75, 3.05) is 12.4 Å². The molecule has 0 aliphatic heterocycles. The van der Waals surface area contributed by atoms with E-state index in [2.05, 4.69) is 26.0 Å².